The minimum absolute atomic E-state index is 0.0986. The fraction of sp³-hybridized carbons (Fsp3) is 0.455. The summed E-state index contributed by atoms with van der Waals surface area (Å²) in [5.41, 5.74) is 0.961. The molecule has 1 aromatic rings. The molecular weight excluding hydrogens is 240 g/mol. The second kappa shape index (κ2) is 7.13. The third-order valence-corrected chi connectivity index (χ3v) is 3.58. The van der Waals surface area contributed by atoms with Crippen molar-refractivity contribution in [2.75, 3.05) is 18.1 Å². The third kappa shape index (κ3) is 5.06. The van der Waals surface area contributed by atoms with Crippen LogP contribution in [0.15, 0.2) is 24.3 Å². The second-order valence-electron chi connectivity index (χ2n) is 3.54. The van der Waals surface area contributed by atoms with Gasteiger partial charge in [-0.2, -0.15) is 0 Å². The van der Waals surface area contributed by atoms with Gasteiger partial charge in [0.25, 0.3) is 5.69 Å². The van der Waals surface area contributed by atoms with Gasteiger partial charge in [0.1, 0.15) is 0 Å². The number of nitrogens with one attached hydrogen (secondary N) is 1. The highest BCUT2D eigenvalue weighted by atomic mass is 32.2. The van der Waals surface area contributed by atoms with Gasteiger partial charge in [-0.05, 0) is 5.56 Å². The van der Waals surface area contributed by atoms with Gasteiger partial charge < -0.3 is 5.32 Å². The Morgan fingerprint density at radius 3 is 2.88 bits per heavy atom. The maximum atomic E-state index is 11.1. The van der Waals surface area contributed by atoms with Gasteiger partial charge in [-0.15, -0.1) is 0 Å². The Kier molecular flexibility index (Phi) is 5.79. The number of hydrogen-bond donors (Lipinski definition) is 1. The topological polar surface area (TPSA) is 72.2 Å². The van der Waals surface area contributed by atoms with Crippen molar-refractivity contribution in [3.05, 3.63) is 39.9 Å². The number of non-ortho nitro benzene ring substituents is 1. The van der Waals surface area contributed by atoms with Gasteiger partial charge in [-0.25, -0.2) is 0 Å². The van der Waals surface area contributed by atoms with Crippen molar-refractivity contribution in [3.63, 3.8) is 0 Å². The molecule has 0 heterocycles. The van der Waals surface area contributed by atoms with E-state index >= 15 is 0 Å². The molecular formula is C11H16N2O3S. The SMILES string of the molecule is CCS(=O)CCNCc1cccc([N+](=O)[O-])c1. The average molecular weight is 256 g/mol. The lowest BCUT2D eigenvalue weighted by Gasteiger charge is -2.04. The molecule has 0 aliphatic carbocycles. The number of hydrogen-bond acceptors (Lipinski definition) is 4. The zero-order chi connectivity index (χ0) is 12.7. The van der Waals surface area contributed by atoms with Crippen LogP contribution >= 0.6 is 0 Å². The molecule has 6 heteroatoms. The zero-order valence-corrected chi connectivity index (χ0v) is 10.5. The van der Waals surface area contributed by atoms with Crippen LogP contribution in [-0.2, 0) is 17.3 Å². The summed E-state index contributed by atoms with van der Waals surface area (Å²) in [7, 11) is -0.767. The van der Waals surface area contributed by atoms with Crippen molar-refractivity contribution < 1.29 is 9.13 Å². The fourth-order valence-corrected chi connectivity index (χ4v) is 2.00. The predicted octanol–water partition coefficient (Wildman–Crippen LogP) is 1.45. The van der Waals surface area contributed by atoms with Gasteiger partial charge in [-0.1, -0.05) is 19.1 Å². The van der Waals surface area contributed by atoms with E-state index in [-0.39, 0.29) is 5.69 Å². The smallest absolute Gasteiger partial charge is 0.269 e. The lowest BCUT2D eigenvalue weighted by atomic mass is 10.2. The van der Waals surface area contributed by atoms with E-state index in [1.807, 2.05) is 13.0 Å². The molecule has 1 atom stereocenters. The van der Waals surface area contributed by atoms with Crippen LogP contribution in [0.2, 0.25) is 0 Å². The molecule has 0 amide bonds. The van der Waals surface area contributed by atoms with Gasteiger partial charge >= 0.3 is 0 Å². The molecule has 0 radical (unpaired) electrons. The van der Waals surface area contributed by atoms with E-state index < -0.39 is 15.7 Å². The van der Waals surface area contributed by atoms with E-state index in [2.05, 4.69) is 5.32 Å². The Bertz CT molecular complexity index is 409. The highest BCUT2D eigenvalue weighted by Gasteiger charge is 2.05. The molecule has 0 fully saturated rings. The van der Waals surface area contributed by atoms with Crippen molar-refractivity contribution >= 4 is 16.5 Å². The zero-order valence-electron chi connectivity index (χ0n) is 9.72. The Balaban J connectivity index is 2.39. The first-order valence-corrected chi connectivity index (χ1v) is 6.91. The molecule has 0 saturated carbocycles. The van der Waals surface area contributed by atoms with Crippen LogP contribution in [0.5, 0.6) is 0 Å². The van der Waals surface area contributed by atoms with Crippen molar-refractivity contribution in [3.8, 4) is 0 Å². The lowest BCUT2D eigenvalue weighted by Crippen LogP contribution is -2.20. The molecule has 94 valence electrons. The first kappa shape index (κ1) is 13.8. The largest absolute Gasteiger partial charge is 0.312 e. The molecule has 5 nitrogen and oxygen atoms in total. The van der Waals surface area contributed by atoms with Gasteiger partial charge in [0.05, 0.1) is 4.92 Å². The van der Waals surface area contributed by atoms with E-state index in [4.69, 9.17) is 0 Å². The predicted molar refractivity (Wildman–Crippen MR) is 68.4 cm³/mol. The van der Waals surface area contributed by atoms with E-state index in [9.17, 15) is 14.3 Å². The number of nitrogens with zero attached hydrogens (tertiary/aromatic N) is 1. The van der Waals surface area contributed by atoms with Crippen molar-refractivity contribution in [2.24, 2.45) is 0 Å². The molecule has 0 aliphatic heterocycles. The Morgan fingerprint density at radius 1 is 1.47 bits per heavy atom. The summed E-state index contributed by atoms with van der Waals surface area (Å²) in [4.78, 5) is 10.1. The summed E-state index contributed by atoms with van der Waals surface area (Å²) >= 11 is 0. The van der Waals surface area contributed by atoms with Gasteiger partial charge in [0, 0.05) is 47.5 Å². The quantitative estimate of drug-likeness (QED) is 0.455. The standard InChI is InChI=1S/C11H16N2O3S/c1-2-17(16)7-6-12-9-10-4-3-5-11(8-10)13(14)15/h3-5,8,12H,2,6-7,9H2,1H3. The molecule has 0 aromatic heterocycles. The minimum Gasteiger partial charge on any atom is -0.312 e. The number of nitro groups is 1. The Morgan fingerprint density at radius 2 is 2.24 bits per heavy atom. The van der Waals surface area contributed by atoms with Crippen LogP contribution in [0.4, 0.5) is 5.69 Å². The van der Waals surface area contributed by atoms with Crippen molar-refractivity contribution in [1.29, 1.82) is 0 Å². The van der Waals surface area contributed by atoms with Gasteiger partial charge in [0.15, 0.2) is 0 Å². The Hall–Kier alpha value is -1.27. The third-order valence-electron chi connectivity index (χ3n) is 2.28. The highest BCUT2D eigenvalue weighted by molar-refractivity contribution is 7.84. The minimum atomic E-state index is -0.767. The molecule has 1 unspecified atom stereocenters. The van der Waals surface area contributed by atoms with E-state index in [1.165, 1.54) is 6.07 Å². The van der Waals surface area contributed by atoms with Crippen LogP contribution < -0.4 is 5.32 Å². The van der Waals surface area contributed by atoms with E-state index in [0.29, 0.717) is 24.6 Å². The first-order chi connectivity index (χ1) is 8.13. The van der Waals surface area contributed by atoms with Crippen LogP contribution in [0.25, 0.3) is 0 Å². The molecule has 1 N–H and O–H groups in total. The number of benzene rings is 1. The van der Waals surface area contributed by atoms with Crippen LogP contribution in [0.3, 0.4) is 0 Å². The van der Waals surface area contributed by atoms with Crippen molar-refractivity contribution in [2.45, 2.75) is 13.5 Å². The monoisotopic (exact) mass is 256 g/mol. The van der Waals surface area contributed by atoms with Crippen LogP contribution in [-0.4, -0.2) is 27.2 Å². The van der Waals surface area contributed by atoms with E-state index in [0.717, 1.165) is 5.56 Å². The lowest BCUT2D eigenvalue weighted by molar-refractivity contribution is -0.384. The molecule has 0 aliphatic rings. The normalized spacial score (nSPS) is 12.3. The fourth-order valence-electron chi connectivity index (χ4n) is 1.34. The summed E-state index contributed by atoms with van der Waals surface area (Å²) in [6.45, 7) is 3.10. The van der Waals surface area contributed by atoms with Crippen LogP contribution in [0, 0.1) is 10.1 Å². The molecule has 0 spiro atoms. The molecule has 0 saturated heterocycles. The summed E-state index contributed by atoms with van der Waals surface area (Å²) in [6.07, 6.45) is 0. The summed E-state index contributed by atoms with van der Waals surface area (Å²) in [5.74, 6) is 1.28. The first-order valence-electron chi connectivity index (χ1n) is 5.42. The molecule has 1 rings (SSSR count). The van der Waals surface area contributed by atoms with Gasteiger partial charge in [0.2, 0.25) is 0 Å². The van der Waals surface area contributed by atoms with Crippen molar-refractivity contribution in [1.82, 2.24) is 5.32 Å². The van der Waals surface area contributed by atoms with Crippen LogP contribution in [0.1, 0.15) is 12.5 Å². The molecule has 17 heavy (non-hydrogen) atoms. The second-order valence-corrected chi connectivity index (χ2v) is 5.40. The summed E-state index contributed by atoms with van der Waals surface area (Å²) < 4.78 is 11.1. The maximum absolute atomic E-state index is 11.1. The molecule has 0 bridgehead atoms. The molecule has 1 aromatic carbocycles. The number of rotatable bonds is 7. The highest BCUT2D eigenvalue weighted by Crippen LogP contribution is 2.12. The Labute approximate surface area is 103 Å². The summed E-state index contributed by atoms with van der Waals surface area (Å²) in [6, 6.07) is 6.51. The number of nitro benzene ring substituents is 1. The maximum Gasteiger partial charge on any atom is 0.269 e. The van der Waals surface area contributed by atoms with E-state index in [1.54, 1.807) is 12.1 Å². The average Bonchev–Trinajstić information content (AvgIpc) is 2.34. The van der Waals surface area contributed by atoms with Gasteiger partial charge in [-0.3, -0.25) is 14.3 Å². The summed E-state index contributed by atoms with van der Waals surface area (Å²) in [5, 5.41) is 13.7.